The molecule has 0 unspecified atom stereocenters. The first-order valence-corrected chi connectivity index (χ1v) is 6.12. The van der Waals surface area contributed by atoms with Crippen molar-refractivity contribution in [2.45, 2.75) is 44.6 Å². The zero-order valence-corrected chi connectivity index (χ0v) is 11.7. The SMILES string of the molecule is Cc1c(NC(=O)C2(N)CCCCC2)cnn1C.Cl. The molecule has 1 aromatic heterocycles. The van der Waals surface area contributed by atoms with Crippen molar-refractivity contribution in [1.29, 1.82) is 0 Å². The third-order valence-corrected chi connectivity index (χ3v) is 3.68. The molecule has 1 aliphatic rings. The normalized spacial score (nSPS) is 17.9. The molecule has 0 atom stereocenters. The first-order valence-electron chi connectivity index (χ1n) is 6.12. The van der Waals surface area contributed by atoms with Crippen LogP contribution >= 0.6 is 12.4 Å². The van der Waals surface area contributed by atoms with Gasteiger partial charge in [-0.15, -0.1) is 12.4 Å². The number of halogens is 1. The van der Waals surface area contributed by atoms with E-state index in [-0.39, 0.29) is 18.3 Å². The predicted octanol–water partition coefficient (Wildman–Crippen LogP) is 1.75. The van der Waals surface area contributed by atoms with Gasteiger partial charge < -0.3 is 11.1 Å². The number of amides is 1. The Bertz CT molecular complexity index is 424. The molecule has 5 nitrogen and oxygen atoms in total. The fourth-order valence-corrected chi connectivity index (χ4v) is 2.28. The van der Waals surface area contributed by atoms with Crippen LogP contribution in [0.2, 0.25) is 0 Å². The smallest absolute Gasteiger partial charge is 0.244 e. The van der Waals surface area contributed by atoms with Crippen molar-refractivity contribution in [3.05, 3.63) is 11.9 Å². The molecule has 1 heterocycles. The van der Waals surface area contributed by atoms with Crippen LogP contribution in [0, 0.1) is 6.92 Å². The molecule has 0 saturated heterocycles. The number of anilines is 1. The summed E-state index contributed by atoms with van der Waals surface area (Å²) in [5.41, 5.74) is 7.17. The van der Waals surface area contributed by atoms with Gasteiger partial charge in [-0.3, -0.25) is 9.48 Å². The van der Waals surface area contributed by atoms with Gasteiger partial charge in [0.15, 0.2) is 0 Å². The largest absolute Gasteiger partial charge is 0.322 e. The summed E-state index contributed by atoms with van der Waals surface area (Å²) in [4.78, 5) is 12.2. The van der Waals surface area contributed by atoms with E-state index in [9.17, 15) is 4.79 Å². The third-order valence-electron chi connectivity index (χ3n) is 3.68. The van der Waals surface area contributed by atoms with E-state index in [0.717, 1.165) is 37.1 Å². The van der Waals surface area contributed by atoms with Gasteiger partial charge in [-0.05, 0) is 19.8 Å². The van der Waals surface area contributed by atoms with Crippen LogP contribution in [-0.2, 0) is 11.8 Å². The number of carbonyl (C=O) groups is 1. The summed E-state index contributed by atoms with van der Waals surface area (Å²) in [6, 6.07) is 0. The third kappa shape index (κ3) is 2.84. The Morgan fingerprint density at radius 3 is 2.56 bits per heavy atom. The van der Waals surface area contributed by atoms with E-state index < -0.39 is 5.54 Å². The number of aromatic nitrogens is 2. The van der Waals surface area contributed by atoms with Crippen LogP contribution in [-0.4, -0.2) is 21.2 Å². The minimum Gasteiger partial charge on any atom is -0.322 e. The predicted molar refractivity (Wildman–Crippen MR) is 73.8 cm³/mol. The number of nitrogens with one attached hydrogen (secondary N) is 1. The van der Waals surface area contributed by atoms with Gasteiger partial charge in [0.05, 0.1) is 23.1 Å². The van der Waals surface area contributed by atoms with Crippen LogP contribution in [0.3, 0.4) is 0 Å². The summed E-state index contributed by atoms with van der Waals surface area (Å²) in [6.45, 7) is 1.92. The lowest BCUT2D eigenvalue weighted by Gasteiger charge is -2.31. The number of rotatable bonds is 2. The number of aryl methyl sites for hydroxylation is 1. The lowest BCUT2D eigenvalue weighted by Crippen LogP contribution is -2.52. The zero-order chi connectivity index (χ0) is 12.5. The summed E-state index contributed by atoms with van der Waals surface area (Å²) in [5, 5.41) is 6.99. The highest BCUT2D eigenvalue weighted by molar-refractivity contribution is 5.98. The fourth-order valence-electron chi connectivity index (χ4n) is 2.28. The van der Waals surface area contributed by atoms with Crippen molar-refractivity contribution in [2.75, 3.05) is 5.32 Å². The second-order valence-electron chi connectivity index (χ2n) is 4.94. The molecule has 1 aliphatic carbocycles. The van der Waals surface area contributed by atoms with Gasteiger partial charge in [-0.25, -0.2) is 0 Å². The number of hydrogen-bond acceptors (Lipinski definition) is 3. The number of nitrogens with zero attached hydrogens (tertiary/aromatic N) is 2. The van der Waals surface area contributed by atoms with E-state index in [4.69, 9.17) is 5.73 Å². The Kier molecular flexibility index (Phi) is 4.76. The molecule has 3 N–H and O–H groups in total. The van der Waals surface area contributed by atoms with Gasteiger partial charge in [0, 0.05) is 7.05 Å². The Hall–Kier alpha value is -1.07. The number of nitrogens with two attached hydrogens (primary N) is 1. The highest BCUT2D eigenvalue weighted by Crippen LogP contribution is 2.27. The van der Waals surface area contributed by atoms with E-state index >= 15 is 0 Å². The van der Waals surface area contributed by atoms with Crippen LogP contribution in [0.25, 0.3) is 0 Å². The number of hydrogen-bond donors (Lipinski definition) is 2. The summed E-state index contributed by atoms with van der Waals surface area (Å²) in [7, 11) is 1.85. The Morgan fingerprint density at radius 2 is 2.06 bits per heavy atom. The lowest BCUT2D eigenvalue weighted by atomic mass is 9.82. The highest BCUT2D eigenvalue weighted by Gasteiger charge is 2.35. The van der Waals surface area contributed by atoms with Crippen LogP contribution in [0.1, 0.15) is 37.8 Å². The molecule has 0 bridgehead atoms. The van der Waals surface area contributed by atoms with E-state index in [1.54, 1.807) is 10.9 Å². The Morgan fingerprint density at radius 1 is 1.44 bits per heavy atom. The molecule has 2 rings (SSSR count). The van der Waals surface area contributed by atoms with Gasteiger partial charge >= 0.3 is 0 Å². The van der Waals surface area contributed by atoms with Crippen LogP contribution in [0.4, 0.5) is 5.69 Å². The van der Waals surface area contributed by atoms with E-state index in [1.807, 2.05) is 14.0 Å². The first-order chi connectivity index (χ1) is 8.03. The second-order valence-corrected chi connectivity index (χ2v) is 4.94. The quantitative estimate of drug-likeness (QED) is 0.861. The number of carbonyl (C=O) groups excluding carboxylic acids is 1. The van der Waals surface area contributed by atoms with Crippen molar-refractivity contribution >= 4 is 24.0 Å². The molecule has 0 aliphatic heterocycles. The Labute approximate surface area is 114 Å². The molecule has 0 spiro atoms. The monoisotopic (exact) mass is 272 g/mol. The summed E-state index contributed by atoms with van der Waals surface area (Å²) < 4.78 is 1.74. The van der Waals surface area contributed by atoms with Crippen LogP contribution < -0.4 is 11.1 Å². The molecular weight excluding hydrogens is 252 g/mol. The average molecular weight is 273 g/mol. The zero-order valence-electron chi connectivity index (χ0n) is 10.9. The van der Waals surface area contributed by atoms with Crippen molar-refractivity contribution in [1.82, 2.24) is 9.78 Å². The molecule has 18 heavy (non-hydrogen) atoms. The van der Waals surface area contributed by atoms with Crippen molar-refractivity contribution in [3.63, 3.8) is 0 Å². The molecule has 1 amide bonds. The minimum absolute atomic E-state index is 0. The van der Waals surface area contributed by atoms with Crippen LogP contribution in [0.5, 0.6) is 0 Å². The first kappa shape index (κ1) is 15.0. The minimum atomic E-state index is -0.694. The molecule has 0 radical (unpaired) electrons. The molecule has 6 heteroatoms. The van der Waals surface area contributed by atoms with Crippen molar-refractivity contribution in [3.8, 4) is 0 Å². The van der Waals surface area contributed by atoms with E-state index in [0.29, 0.717) is 0 Å². The molecule has 1 fully saturated rings. The molecule has 0 aromatic carbocycles. The molecule has 1 aromatic rings. The molecule has 1 saturated carbocycles. The maximum atomic E-state index is 12.2. The van der Waals surface area contributed by atoms with Crippen LogP contribution in [0.15, 0.2) is 6.20 Å². The maximum absolute atomic E-state index is 12.2. The van der Waals surface area contributed by atoms with Gasteiger partial charge in [0.2, 0.25) is 5.91 Å². The second kappa shape index (κ2) is 5.71. The van der Waals surface area contributed by atoms with E-state index in [1.165, 1.54) is 6.42 Å². The topological polar surface area (TPSA) is 72.9 Å². The molecular formula is C12H21ClN4O. The lowest BCUT2D eigenvalue weighted by molar-refractivity contribution is -0.122. The van der Waals surface area contributed by atoms with Crippen molar-refractivity contribution < 1.29 is 4.79 Å². The summed E-state index contributed by atoms with van der Waals surface area (Å²) >= 11 is 0. The Balaban J connectivity index is 0.00000162. The molecule has 102 valence electrons. The highest BCUT2D eigenvalue weighted by atomic mass is 35.5. The van der Waals surface area contributed by atoms with Gasteiger partial charge in [-0.1, -0.05) is 19.3 Å². The average Bonchev–Trinajstić information content (AvgIpc) is 2.62. The fraction of sp³-hybridized carbons (Fsp3) is 0.667. The standard InChI is InChI=1S/C12H20N4O.ClH/c1-9-10(8-14-16(9)2)15-11(17)12(13)6-4-3-5-7-12;/h8H,3-7,13H2,1-2H3,(H,15,17);1H. The summed E-state index contributed by atoms with van der Waals surface area (Å²) in [6.07, 6.45) is 6.47. The maximum Gasteiger partial charge on any atom is 0.244 e. The summed E-state index contributed by atoms with van der Waals surface area (Å²) in [5.74, 6) is -0.0756. The van der Waals surface area contributed by atoms with Gasteiger partial charge in [-0.2, -0.15) is 5.10 Å². The van der Waals surface area contributed by atoms with Gasteiger partial charge in [0.1, 0.15) is 0 Å². The van der Waals surface area contributed by atoms with Gasteiger partial charge in [0.25, 0.3) is 0 Å². The van der Waals surface area contributed by atoms with Crippen molar-refractivity contribution in [2.24, 2.45) is 12.8 Å². The van der Waals surface area contributed by atoms with E-state index in [2.05, 4.69) is 10.4 Å².